The van der Waals surface area contributed by atoms with E-state index in [9.17, 15) is 29.5 Å². The van der Waals surface area contributed by atoms with Crippen LogP contribution in [0.2, 0.25) is 0 Å². The van der Waals surface area contributed by atoms with Gasteiger partial charge in [0.05, 0.1) is 24.9 Å². The van der Waals surface area contributed by atoms with Crippen molar-refractivity contribution in [1.29, 1.82) is 0 Å². The molecule has 0 aromatic rings. The number of hydrogen-bond acceptors (Lipinski definition) is 9. The highest BCUT2D eigenvalue weighted by Gasteiger charge is 2.39. The highest BCUT2D eigenvalue weighted by Crippen LogP contribution is 2.37. The highest BCUT2D eigenvalue weighted by molar-refractivity contribution is 7.46. The maximum atomic E-state index is 12.4. The van der Waals surface area contributed by atoms with E-state index in [1.165, 1.54) is 64.2 Å². The van der Waals surface area contributed by atoms with Crippen LogP contribution in [0.5, 0.6) is 0 Å². The van der Waals surface area contributed by atoms with Gasteiger partial charge < -0.3 is 34.6 Å². The first-order valence-corrected chi connectivity index (χ1v) is 22.8. The lowest BCUT2D eigenvalue weighted by Gasteiger charge is -2.19. The predicted octanol–water partition coefficient (Wildman–Crippen LogP) is 9.03. The second-order valence-corrected chi connectivity index (χ2v) is 17.0. The number of aliphatic hydroxyl groups excluding tert-OH is 3. The minimum absolute atomic E-state index is 0.0922. The standard InChI is InChI=1S/C42H77O11P/c1-4-5-19-25-35(43)29-30-38-37(39(44)31-40(38)45)26-21-17-18-22-27-41(46)51-32-36(33-52-54(48,49)50)53-42(47)28-23-16-14-12-10-8-6-7-9-11-13-15-20-24-34(2)3/h17,21,29-30,34-40,43-45H,4-16,18-20,22-28,31-33H2,1-3H3,(H2,48,49,50)/b21-17+,30-29+/t35-,36+,37+,38+,39-,40+/m0/s1. The van der Waals surface area contributed by atoms with E-state index in [1.54, 1.807) is 6.08 Å². The van der Waals surface area contributed by atoms with Gasteiger partial charge in [-0.3, -0.25) is 14.1 Å². The Kier molecular flexibility index (Phi) is 29.4. The molecule has 0 amide bonds. The number of rotatable bonds is 34. The van der Waals surface area contributed by atoms with Crippen molar-refractivity contribution >= 4 is 19.8 Å². The summed E-state index contributed by atoms with van der Waals surface area (Å²) in [6, 6.07) is 0. The molecule has 0 spiro atoms. The Morgan fingerprint density at radius 3 is 1.91 bits per heavy atom. The maximum absolute atomic E-state index is 12.4. The molecule has 54 heavy (non-hydrogen) atoms. The summed E-state index contributed by atoms with van der Waals surface area (Å²) < 4.78 is 26.4. The zero-order valence-corrected chi connectivity index (χ0v) is 34.8. The Labute approximate surface area is 327 Å². The van der Waals surface area contributed by atoms with Crippen LogP contribution in [0.4, 0.5) is 0 Å². The lowest BCUT2D eigenvalue weighted by atomic mass is 9.89. The van der Waals surface area contributed by atoms with Gasteiger partial charge in [-0.05, 0) is 43.9 Å². The average Bonchev–Trinajstić information content (AvgIpc) is 3.38. The number of phosphoric acid groups is 1. The van der Waals surface area contributed by atoms with E-state index < -0.39 is 50.8 Å². The Morgan fingerprint density at radius 2 is 1.31 bits per heavy atom. The largest absolute Gasteiger partial charge is 0.469 e. The zero-order valence-electron chi connectivity index (χ0n) is 33.9. The molecule has 1 aliphatic carbocycles. The topological polar surface area (TPSA) is 180 Å². The Morgan fingerprint density at radius 1 is 0.741 bits per heavy atom. The van der Waals surface area contributed by atoms with Gasteiger partial charge in [-0.1, -0.05) is 148 Å². The van der Waals surface area contributed by atoms with E-state index in [4.69, 9.17) is 19.3 Å². The third-order valence-electron chi connectivity index (χ3n) is 10.2. The van der Waals surface area contributed by atoms with Gasteiger partial charge in [-0.2, -0.15) is 0 Å². The maximum Gasteiger partial charge on any atom is 0.469 e. The zero-order chi connectivity index (χ0) is 40.0. The monoisotopic (exact) mass is 789 g/mol. The van der Waals surface area contributed by atoms with E-state index in [2.05, 4.69) is 25.3 Å². The molecule has 0 saturated heterocycles. The summed E-state index contributed by atoms with van der Waals surface area (Å²) in [7, 11) is -4.81. The van der Waals surface area contributed by atoms with Gasteiger partial charge in [0.15, 0.2) is 6.10 Å². The van der Waals surface area contributed by atoms with Crippen LogP contribution in [0.1, 0.15) is 175 Å². The molecule has 0 aliphatic heterocycles. The molecule has 5 N–H and O–H groups in total. The second-order valence-electron chi connectivity index (χ2n) is 15.8. The third kappa shape index (κ3) is 27.9. The van der Waals surface area contributed by atoms with Crippen molar-refractivity contribution in [3.05, 3.63) is 24.3 Å². The number of unbranched alkanes of at least 4 members (excludes halogenated alkanes) is 15. The molecule has 0 aromatic carbocycles. The van der Waals surface area contributed by atoms with Gasteiger partial charge >= 0.3 is 19.8 Å². The predicted molar refractivity (Wildman–Crippen MR) is 213 cm³/mol. The van der Waals surface area contributed by atoms with Gasteiger partial charge in [-0.25, -0.2) is 4.57 Å². The molecule has 11 nitrogen and oxygen atoms in total. The van der Waals surface area contributed by atoms with E-state index in [0.717, 1.165) is 44.4 Å². The molecule has 1 saturated carbocycles. The Hall–Kier alpha value is -1.59. The summed E-state index contributed by atoms with van der Waals surface area (Å²) in [6.07, 6.45) is 27.1. The third-order valence-corrected chi connectivity index (χ3v) is 10.7. The van der Waals surface area contributed by atoms with Crippen LogP contribution in [0.3, 0.4) is 0 Å². The molecule has 1 fully saturated rings. The van der Waals surface area contributed by atoms with Crippen molar-refractivity contribution in [2.24, 2.45) is 17.8 Å². The number of carbonyl (C=O) groups is 2. The van der Waals surface area contributed by atoms with Gasteiger partial charge in [0.2, 0.25) is 0 Å². The number of allylic oxidation sites excluding steroid dienone is 2. The fourth-order valence-electron chi connectivity index (χ4n) is 6.96. The smallest absolute Gasteiger partial charge is 0.462 e. The fourth-order valence-corrected chi connectivity index (χ4v) is 7.32. The summed E-state index contributed by atoms with van der Waals surface area (Å²) in [5, 5.41) is 31.2. The highest BCUT2D eigenvalue weighted by atomic mass is 31.2. The quantitative estimate of drug-likeness (QED) is 0.0182. The molecule has 0 aromatic heterocycles. The number of esters is 2. The summed E-state index contributed by atoms with van der Waals surface area (Å²) >= 11 is 0. The summed E-state index contributed by atoms with van der Waals surface area (Å²) in [6.45, 7) is 5.71. The van der Waals surface area contributed by atoms with Crippen LogP contribution in [0.15, 0.2) is 24.3 Å². The van der Waals surface area contributed by atoms with Crippen molar-refractivity contribution in [3.8, 4) is 0 Å². The number of hydrogen-bond donors (Lipinski definition) is 5. The van der Waals surface area contributed by atoms with Crippen LogP contribution >= 0.6 is 7.82 Å². The van der Waals surface area contributed by atoms with E-state index in [-0.39, 0.29) is 31.3 Å². The minimum atomic E-state index is -4.81. The first-order chi connectivity index (χ1) is 25.8. The van der Waals surface area contributed by atoms with Crippen molar-refractivity contribution in [2.45, 2.75) is 199 Å². The van der Waals surface area contributed by atoms with Crippen LogP contribution in [-0.4, -0.2) is 74.7 Å². The lowest BCUT2D eigenvalue weighted by molar-refractivity contribution is -0.161. The molecule has 0 radical (unpaired) electrons. The van der Waals surface area contributed by atoms with Gasteiger partial charge in [0.25, 0.3) is 0 Å². The lowest BCUT2D eigenvalue weighted by Crippen LogP contribution is -2.29. The summed E-state index contributed by atoms with van der Waals surface area (Å²) in [5.41, 5.74) is 0. The van der Waals surface area contributed by atoms with Gasteiger partial charge in [-0.15, -0.1) is 0 Å². The normalized spacial score (nSPS) is 20.3. The van der Waals surface area contributed by atoms with Crippen LogP contribution < -0.4 is 0 Å². The molecule has 1 rings (SSSR count). The minimum Gasteiger partial charge on any atom is -0.462 e. The SMILES string of the molecule is CCCCC[C@H](O)/C=C/[C@@H]1[C@@H](C/C=C/CCCC(=O)OC[C@H](COP(=O)(O)O)OC(=O)CCCCCCCCCCCCCCCC(C)C)[C@@H](O)C[C@H]1O. The molecule has 12 heteroatoms. The molecular weight excluding hydrogens is 711 g/mol. The molecule has 0 heterocycles. The number of carbonyl (C=O) groups excluding carboxylic acids is 2. The Balaban J connectivity index is 2.28. The van der Waals surface area contributed by atoms with Crippen molar-refractivity contribution < 1.29 is 53.3 Å². The fraction of sp³-hybridized carbons (Fsp3) is 0.857. The van der Waals surface area contributed by atoms with Crippen molar-refractivity contribution in [2.75, 3.05) is 13.2 Å². The number of aliphatic hydroxyl groups is 3. The van der Waals surface area contributed by atoms with Crippen LogP contribution in [-0.2, 0) is 28.2 Å². The second kappa shape index (κ2) is 31.5. The van der Waals surface area contributed by atoms with Gasteiger partial charge in [0.1, 0.15) is 6.61 Å². The summed E-state index contributed by atoms with van der Waals surface area (Å²) in [5.74, 6) is -0.663. The van der Waals surface area contributed by atoms with E-state index >= 15 is 0 Å². The molecule has 316 valence electrons. The number of ether oxygens (including phenoxy) is 2. The average molecular weight is 789 g/mol. The van der Waals surface area contributed by atoms with Crippen molar-refractivity contribution in [1.82, 2.24) is 0 Å². The molecule has 0 unspecified atom stereocenters. The Bertz CT molecular complexity index is 1060. The number of phosphoric ester groups is 1. The van der Waals surface area contributed by atoms with E-state index in [1.807, 2.05) is 18.2 Å². The molecule has 6 atom stereocenters. The van der Waals surface area contributed by atoms with Crippen molar-refractivity contribution in [3.63, 3.8) is 0 Å². The van der Waals surface area contributed by atoms with Crippen LogP contribution in [0, 0.1) is 17.8 Å². The molecular formula is C42H77O11P. The first-order valence-electron chi connectivity index (χ1n) is 21.2. The molecule has 0 bridgehead atoms. The molecule has 1 aliphatic rings. The first kappa shape index (κ1) is 50.4. The summed E-state index contributed by atoms with van der Waals surface area (Å²) in [4.78, 5) is 43.1. The van der Waals surface area contributed by atoms with E-state index in [0.29, 0.717) is 38.5 Å². The van der Waals surface area contributed by atoms with Crippen LogP contribution in [0.25, 0.3) is 0 Å². The van der Waals surface area contributed by atoms with Gasteiger partial charge in [0, 0.05) is 25.2 Å².